The molecule has 0 aromatic heterocycles. The van der Waals surface area contributed by atoms with E-state index in [1.54, 1.807) is 5.38 Å². The summed E-state index contributed by atoms with van der Waals surface area (Å²) in [7, 11) is 2.76. The van der Waals surface area contributed by atoms with Crippen molar-refractivity contribution in [2.45, 2.75) is 0 Å². The lowest BCUT2D eigenvalue weighted by molar-refractivity contribution is 0.445. The molecule has 0 fully saturated rings. The number of hydrogen-bond donors (Lipinski definition) is 1. The molecule has 2 rings (SSSR count). The van der Waals surface area contributed by atoms with E-state index in [1.165, 1.54) is 20.7 Å². The van der Waals surface area contributed by atoms with Gasteiger partial charge in [0.05, 0.1) is 0 Å². The standard InChI is InChI=1S/C5H2O3S2/c6-3-4-2(1-9-10-4)8-5(3)7/h1,6H. The van der Waals surface area contributed by atoms with Crippen LogP contribution in [-0.2, 0) is 0 Å². The van der Waals surface area contributed by atoms with Gasteiger partial charge in [-0.1, -0.05) is 20.7 Å². The highest BCUT2D eigenvalue weighted by Crippen LogP contribution is 2.37. The van der Waals surface area contributed by atoms with Gasteiger partial charge in [-0.05, 0) is 0 Å². The Hall–Kier alpha value is -0.810. The van der Waals surface area contributed by atoms with Crippen molar-refractivity contribution in [3.05, 3.63) is 15.8 Å². The molecule has 0 bridgehead atoms. The lowest BCUT2D eigenvalue weighted by atomic mass is 10.4. The van der Waals surface area contributed by atoms with Gasteiger partial charge in [0.1, 0.15) is 4.88 Å². The largest absolute Gasteiger partial charge is 0.501 e. The van der Waals surface area contributed by atoms with Gasteiger partial charge < -0.3 is 9.52 Å². The summed E-state index contributed by atoms with van der Waals surface area (Å²) in [5.74, 6) is 0.221. The molecule has 0 atom stereocenters. The third-order valence-electron chi connectivity index (χ3n) is 1.12. The summed E-state index contributed by atoms with van der Waals surface area (Å²) in [6.07, 6.45) is 0. The fourth-order valence-corrected chi connectivity index (χ4v) is 2.67. The minimum absolute atomic E-state index is 0.263. The number of fused-ring (bicyclic) bond motifs is 1. The average Bonchev–Trinajstić information content (AvgIpc) is 2.41. The van der Waals surface area contributed by atoms with E-state index in [-0.39, 0.29) is 5.75 Å². The van der Waals surface area contributed by atoms with Crippen LogP contribution in [0.3, 0.4) is 0 Å². The second-order valence-electron chi connectivity index (χ2n) is 1.73. The zero-order chi connectivity index (χ0) is 7.14. The number of furan rings is 1. The maximum atomic E-state index is 10.6. The van der Waals surface area contributed by atoms with Crippen molar-refractivity contribution in [1.82, 2.24) is 0 Å². The van der Waals surface area contributed by atoms with Crippen molar-refractivity contribution in [3.63, 3.8) is 0 Å². The average molecular weight is 174 g/mol. The maximum Gasteiger partial charge on any atom is 0.380 e. The number of rotatable bonds is 0. The van der Waals surface area contributed by atoms with Crippen LogP contribution < -0.4 is 5.63 Å². The molecule has 2 heterocycles. The van der Waals surface area contributed by atoms with Crippen molar-refractivity contribution < 1.29 is 9.52 Å². The lowest BCUT2D eigenvalue weighted by Crippen LogP contribution is -1.87. The minimum atomic E-state index is -0.644. The molecule has 2 aliphatic heterocycles. The highest BCUT2D eigenvalue weighted by molar-refractivity contribution is 7.70. The monoisotopic (exact) mass is 174 g/mol. The van der Waals surface area contributed by atoms with E-state index in [0.717, 1.165) is 0 Å². The normalized spacial score (nSPS) is 10.8. The van der Waals surface area contributed by atoms with Crippen LogP contribution in [0.15, 0.2) is 14.6 Å². The van der Waals surface area contributed by atoms with Crippen LogP contribution in [0.1, 0.15) is 0 Å². The number of aromatic hydroxyl groups is 1. The van der Waals surface area contributed by atoms with Gasteiger partial charge in [-0.2, -0.15) is 0 Å². The zero-order valence-corrected chi connectivity index (χ0v) is 6.29. The van der Waals surface area contributed by atoms with Crippen LogP contribution in [0, 0.1) is 0 Å². The smallest absolute Gasteiger partial charge is 0.380 e. The third kappa shape index (κ3) is 0.614. The van der Waals surface area contributed by atoms with E-state index in [2.05, 4.69) is 4.42 Å². The Kier molecular flexibility index (Phi) is 1.09. The van der Waals surface area contributed by atoms with E-state index in [4.69, 9.17) is 5.11 Å². The Morgan fingerprint density at radius 3 is 3.10 bits per heavy atom. The fraction of sp³-hybridized carbons (Fsp3) is 0. The maximum absolute atomic E-state index is 10.6. The van der Waals surface area contributed by atoms with Crippen molar-refractivity contribution in [1.29, 1.82) is 0 Å². The predicted octanol–water partition coefficient (Wildman–Crippen LogP) is 1.57. The molecule has 52 valence electrons. The van der Waals surface area contributed by atoms with Crippen molar-refractivity contribution in [2.24, 2.45) is 0 Å². The van der Waals surface area contributed by atoms with Gasteiger partial charge in [0, 0.05) is 5.38 Å². The molecular formula is C5H2O3S2. The first kappa shape index (κ1) is 5.94. The molecule has 10 heavy (non-hydrogen) atoms. The first-order valence-corrected chi connectivity index (χ1v) is 4.69. The molecule has 0 aromatic carbocycles. The van der Waals surface area contributed by atoms with Crippen LogP contribution in [0.25, 0.3) is 10.6 Å². The van der Waals surface area contributed by atoms with E-state index < -0.39 is 5.63 Å². The summed E-state index contributed by atoms with van der Waals surface area (Å²) in [6.45, 7) is 0. The molecule has 1 N–H and O–H groups in total. The van der Waals surface area contributed by atoms with Crippen LogP contribution in [-0.4, -0.2) is 5.11 Å². The van der Waals surface area contributed by atoms with Crippen LogP contribution in [0.4, 0.5) is 0 Å². The molecule has 0 aliphatic carbocycles. The topological polar surface area (TPSA) is 50.4 Å². The molecule has 0 saturated heterocycles. The van der Waals surface area contributed by atoms with Crippen molar-refractivity contribution in [3.8, 4) is 16.4 Å². The van der Waals surface area contributed by atoms with Crippen molar-refractivity contribution in [2.75, 3.05) is 0 Å². The summed E-state index contributed by atoms with van der Waals surface area (Å²) in [4.78, 5) is 11.1. The molecule has 0 spiro atoms. The van der Waals surface area contributed by atoms with Gasteiger partial charge in [0.2, 0.25) is 5.75 Å². The Morgan fingerprint density at radius 2 is 2.40 bits per heavy atom. The highest BCUT2D eigenvalue weighted by atomic mass is 32.9. The van der Waals surface area contributed by atoms with E-state index in [1.807, 2.05) is 0 Å². The summed E-state index contributed by atoms with van der Waals surface area (Å²) in [6, 6.07) is 0. The third-order valence-corrected chi connectivity index (χ3v) is 3.17. The van der Waals surface area contributed by atoms with E-state index >= 15 is 0 Å². The quantitative estimate of drug-likeness (QED) is 0.617. The fourth-order valence-electron chi connectivity index (χ4n) is 0.678. The van der Waals surface area contributed by atoms with Gasteiger partial charge >= 0.3 is 5.63 Å². The predicted molar refractivity (Wildman–Crippen MR) is 39.0 cm³/mol. The molecule has 0 aromatic rings. The second-order valence-corrected chi connectivity index (χ2v) is 3.81. The summed E-state index contributed by atoms with van der Waals surface area (Å²) in [5, 5.41) is 10.7. The van der Waals surface area contributed by atoms with Gasteiger partial charge in [-0.15, -0.1) is 0 Å². The molecular weight excluding hydrogens is 172 g/mol. The summed E-state index contributed by atoms with van der Waals surface area (Å²) < 4.78 is 4.65. The minimum Gasteiger partial charge on any atom is -0.501 e. The summed E-state index contributed by atoms with van der Waals surface area (Å²) >= 11 is 0. The lowest BCUT2D eigenvalue weighted by Gasteiger charge is -1.77. The first-order chi connectivity index (χ1) is 4.79. The first-order valence-electron chi connectivity index (χ1n) is 2.48. The Balaban J connectivity index is 2.93. The highest BCUT2D eigenvalue weighted by Gasteiger charge is 2.18. The SMILES string of the molecule is O=c1oc2cssc-2c1O. The molecule has 0 unspecified atom stereocenters. The van der Waals surface area contributed by atoms with Gasteiger partial charge in [-0.3, -0.25) is 0 Å². The Morgan fingerprint density at radius 1 is 1.60 bits per heavy atom. The van der Waals surface area contributed by atoms with Gasteiger partial charge in [0.25, 0.3) is 0 Å². The molecule has 0 amide bonds. The van der Waals surface area contributed by atoms with Crippen molar-refractivity contribution >= 4 is 20.7 Å². The molecule has 5 heteroatoms. The Bertz CT molecular complexity index is 369. The molecule has 0 saturated carbocycles. The van der Waals surface area contributed by atoms with Crippen LogP contribution in [0.5, 0.6) is 5.75 Å². The molecule has 2 aliphatic rings. The zero-order valence-electron chi connectivity index (χ0n) is 4.66. The van der Waals surface area contributed by atoms with Crippen LogP contribution in [0.2, 0.25) is 0 Å². The Labute approximate surface area is 62.9 Å². The molecule has 3 nitrogen and oxygen atoms in total. The van der Waals surface area contributed by atoms with E-state index in [9.17, 15) is 4.79 Å². The van der Waals surface area contributed by atoms with Gasteiger partial charge in [0.15, 0.2) is 5.76 Å². The second kappa shape index (κ2) is 1.83. The van der Waals surface area contributed by atoms with Crippen LogP contribution >= 0.6 is 20.7 Å². The molecule has 0 radical (unpaired) electrons. The van der Waals surface area contributed by atoms with Gasteiger partial charge in [-0.25, -0.2) is 4.79 Å². The van der Waals surface area contributed by atoms with E-state index in [0.29, 0.717) is 10.6 Å². The summed E-state index contributed by atoms with van der Waals surface area (Å²) in [5.41, 5.74) is -0.644. The number of hydrogen-bond acceptors (Lipinski definition) is 5.